The second-order valence-corrected chi connectivity index (χ2v) is 9.78. The van der Waals surface area contributed by atoms with Crippen molar-refractivity contribution >= 4 is 38.9 Å². The third-order valence-electron chi connectivity index (χ3n) is 4.75. The van der Waals surface area contributed by atoms with Crippen molar-refractivity contribution in [3.05, 3.63) is 39.6 Å². The lowest BCUT2D eigenvalue weighted by Gasteiger charge is -2.18. The zero-order chi connectivity index (χ0) is 19.9. The van der Waals surface area contributed by atoms with Crippen LogP contribution in [-0.4, -0.2) is 26.8 Å². The number of ether oxygens (including phenoxy) is 1. The van der Waals surface area contributed by atoms with Crippen LogP contribution in [0.15, 0.2) is 29.2 Å². The highest BCUT2D eigenvalue weighted by molar-refractivity contribution is 7.89. The molecule has 0 fully saturated rings. The van der Waals surface area contributed by atoms with Gasteiger partial charge in [0.15, 0.2) is 6.61 Å². The Morgan fingerprint density at radius 2 is 2.14 bits per heavy atom. The fourth-order valence-electron chi connectivity index (χ4n) is 3.28. The van der Waals surface area contributed by atoms with Crippen LogP contribution in [0, 0.1) is 5.92 Å². The molecule has 1 atom stereocenters. The van der Waals surface area contributed by atoms with Gasteiger partial charge in [0.2, 0.25) is 0 Å². The van der Waals surface area contributed by atoms with E-state index < -0.39 is 15.9 Å². The number of anilines is 1. The summed E-state index contributed by atoms with van der Waals surface area (Å²) in [5.74, 6) is 0.121. The second kappa shape index (κ2) is 7.19. The van der Waals surface area contributed by atoms with Crippen molar-refractivity contribution in [2.75, 3.05) is 11.9 Å². The number of rotatable bonds is 4. The maximum absolute atomic E-state index is 12.5. The highest BCUT2D eigenvalue weighted by atomic mass is 32.2. The summed E-state index contributed by atoms with van der Waals surface area (Å²) in [6.07, 6.45) is 2.98. The molecular weight excluding hydrogens is 402 g/mol. The fraction of sp³-hybridized carbons (Fsp3) is 0.333. The predicted octanol–water partition coefficient (Wildman–Crippen LogP) is 1.83. The molecule has 1 aliphatic heterocycles. The van der Waals surface area contributed by atoms with Crippen molar-refractivity contribution in [2.45, 2.75) is 31.1 Å². The van der Waals surface area contributed by atoms with E-state index in [0.29, 0.717) is 16.5 Å². The minimum Gasteiger partial charge on any atom is -0.482 e. The minimum atomic E-state index is -4.01. The standard InChI is InChI=1S/C18H19N3O5S2/c1-10-2-5-15-11(6-10)7-16(27-15)18(23)20-21-28(24,25)12-3-4-14-13(8-12)19-17(22)9-26-14/h3-4,7-8,10,21H,2,5-6,9H2,1H3,(H,19,22)(H,20,23)/t10-/m1/s1. The molecule has 0 radical (unpaired) electrons. The van der Waals surface area contributed by atoms with Gasteiger partial charge in [0.05, 0.1) is 15.5 Å². The average Bonchev–Trinajstić information content (AvgIpc) is 3.08. The van der Waals surface area contributed by atoms with Gasteiger partial charge in [-0.1, -0.05) is 6.92 Å². The number of thiophene rings is 1. The first-order valence-corrected chi connectivity index (χ1v) is 11.1. The van der Waals surface area contributed by atoms with E-state index in [1.807, 2.05) is 6.07 Å². The SMILES string of the molecule is C[C@@H]1CCc2sc(C(=O)NNS(=O)(=O)c3ccc4c(c3)NC(=O)CO4)cc2C1. The van der Waals surface area contributed by atoms with Crippen molar-refractivity contribution in [2.24, 2.45) is 5.92 Å². The molecule has 148 valence electrons. The Hall–Kier alpha value is -2.43. The number of fused-ring (bicyclic) bond motifs is 2. The molecule has 0 spiro atoms. The van der Waals surface area contributed by atoms with Crippen molar-refractivity contribution in [3.63, 3.8) is 0 Å². The van der Waals surface area contributed by atoms with Crippen LogP contribution in [0.25, 0.3) is 0 Å². The molecule has 8 nitrogen and oxygen atoms in total. The molecule has 10 heteroatoms. The molecule has 2 heterocycles. The molecule has 1 aromatic carbocycles. The Morgan fingerprint density at radius 1 is 1.32 bits per heavy atom. The molecule has 2 aromatic rings. The molecule has 0 saturated carbocycles. The van der Waals surface area contributed by atoms with Gasteiger partial charge < -0.3 is 10.1 Å². The predicted molar refractivity (Wildman–Crippen MR) is 104 cm³/mol. The van der Waals surface area contributed by atoms with Crippen molar-refractivity contribution < 1.29 is 22.7 Å². The number of nitrogens with one attached hydrogen (secondary N) is 3. The van der Waals surface area contributed by atoms with Crippen LogP contribution in [0.1, 0.15) is 33.5 Å². The van der Waals surface area contributed by atoms with Gasteiger partial charge in [-0.3, -0.25) is 15.0 Å². The summed E-state index contributed by atoms with van der Waals surface area (Å²) in [4.78, 5) is 27.5. The highest BCUT2D eigenvalue weighted by Gasteiger charge is 2.23. The summed E-state index contributed by atoms with van der Waals surface area (Å²) >= 11 is 1.40. The first-order valence-electron chi connectivity index (χ1n) is 8.82. The topological polar surface area (TPSA) is 114 Å². The summed E-state index contributed by atoms with van der Waals surface area (Å²) in [7, 11) is -4.01. The number of amides is 2. The Kier molecular flexibility index (Phi) is 4.86. The number of sulfonamides is 1. The van der Waals surface area contributed by atoms with Gasteiger partial charge in [-0.15, -0.1) is 16.2 Å². The zero-order valence-corrected chi connectivity index (χ0v) is 16.7. The summed E-state index contributed by atoms with van der Waals surface area (Å²) in [5, 5.41) is 2.55. The van der Waals surface area contributed by atoms with Crippen LogP contribution < -0.4 is 20.3 Å². The molecule has 0 bridgehead atoms. The fourth-order valence-corrected chi connectivity index (χ4v) is 5.25. The van der Waals surface area contributed by atoms with Crippen LogP contribution in [0.2, 0.25) is 0 Å². The molecule has 1 aliphatic carbocycles. The molecule has 0 unspecified atom stereocenters. The molecule has 2 aliphatic rings. The largest absolute Gasteiger partial charge is 0.482 e. The molecule has 1 aromatic heterocycles. The Bertz CT molecular complexity index is 1060. The first-order chi connectivity index (χ1) is 13.3. The third-order valence-corrected chi connectivity index (χ3v) is 7.23. The lowest BCUT2D eigenvalue weighted by Crippen LogP contribution is -2.41. The molecule has 3 N–H and O–H groups in total. The highest BCUT2D eigenvalue weighted by Crippen LogP contribution is 2.32. The monoisotopic (exact) mass is 421 g/mol. The van der Waals surface area contributed by atoms with E-state index in [9.17, 15) is 18.0 Å². The summed E-state index contributed by atoms with van der Waals surface area (Å²) in [6.45, 7) is 2.07. The van der Waals surface area contributed by atoms with E-state index in [1.54, 1.807) is 0 Å². The van der Waals surface area contributed by atoms with Gasteiger partial charge >= 0.3 is 0 Å². The number of carbonyl (C=O) groups excluding carboxylic acids is 2. The van der Waals surface area contributed by atoms with Crippen molar-refractivity contribution in [1.29, 1.82) is 0 Å². The molecule has 28 heavy (non-hydrogen) atoms. The van der Waals surface area contributed by atoms with E-state index in [0.717, 1.165) is 19.3 Å². The van der Waals surface area contributed by atoms with E-state index in [1.165, 1.54) is 40.0 Å². The van der Waals surface area contributed by atoms with Crippen LogP contribution in [0.4, 0.5) is 5.69 Å². The van der Waals surface area contributed by atoms with Gasteiger partial charge in [0.1, 0.15) is 5.75 Å². The van der Waals surface area contributed by atoms with E-state index in [-0.39, 0.29) is 23.1 Å². The maximum atomic E-state index is 12.5. The zero-order valence-electron chi connectivity index (χ0n) is 15.1. The Morgan fingerprint density at radius 3 is 2.96 bits per heavy atom. The molecule has 4 rings (SSSR count). The summed E-state index contributed by atoms with van der Waals surface area (Å²) in [5.41, 5.74) is 3.70. The van der Waals surface area contributed by atoms with Crippen molar-refractivity contribution in [3.8, 4) is 5.75 Å². The normalized spacial score (nSPS) is 18.5. The minimum absolute atomic E-state index is 0.100. The van der Waals surface area contributed by atoms with Gasteiger partial charge in [-0.25, -0.2) is 8.42 Å². The smallest absolute Gasteiger partial charge is 0.276 e. The van der Waals surface area contributed by atoms with Crippen LogP contribution in [0.5, 0.6) is 5.75 Å². The third kappa shape index (κ3) is 3.75. The van der Waals surface area contributed by atoms with Gasteiger partial charge in [0.25, 0.3) is 21.8 Å². The molecular formula is C18H19N3O5S2. The number of carbonyl (C=O) groups is 2. The van der Waals surface area contributed by atoms with Gasteiger partial charge in [0, 0.05) is 4.88 Å². The number of hydrazine groups is 1. The number of aryl methyl sites for hydroxylation is 1. The molecule has 0 saturated heterocycles. The van der Waals surface area contributed by atoms with Gasteiger partial charge in [-0.2, -0.15) is 0 Å². The van der Waals surface area contributed by atoms with E-state index in [4.69, 9.17) is 4.74 Å². The summed E-state index contributed by atoms with van der Waals surface area (Å²) < 4.78 is 30.2. The average molecular weight is 422 g/mol. The van der Waals surface area contributed by atoms with Crippen LogP contribution in [-0.2, 0) is 27.7 Å². The Labute approximate surface area is 166 Å². The quantitative estimate of drug-likeness (QED) is 0.652. The summed E-state index contributed by atoms with van der Waals surface area (Å²) in [6, 6.07) is 5.92. The van der Waals surface area contributed by atoms with Gasteiger partial charge in [-0.05, 0) is 55.0 Å². The first kappa shape index (κ1) is 18.9. The lowest BCUT2D eigenvalue weighted by molar-refractivity contribution is -0.118. The van der Waals surface area contributed by atoms with Crippen LogP contribution >= 0.6 is 11.3 Å². The van der Waals surface area contributed by atoms with E-state index in [2.05, 4.69) is 22.5 Å². The molecule has 2 amide bonds. The van der Waals surface area contributed by atoms with E-state index >= 15 is 0 Å². The maximum Gasteiger partial charge on any atom is 0.276 e. The number of benzene rings is 1. The Balaban J connectivity index is 1.46. The lowest BCUT2D eigenvalue weighted by atomic mass is 9.90. The second-order valence-electron chi connectivity index (χ2n) is 6.96. The number of hydrogen-bond donors (Lipinski definition) is 3. The van der Waals surface area contributed by atoms with Crippen LogP contribution in [0.3, 0.4) is 0 Å². The van der Waals surface area contributed by atoms with Crippen molar-refractivity contribution in [1.82, 2.24) is 10.3 Å². The number of hydrogen-bond acceptors (Lipinski definition) is 6.